The highest BCUT2D eigenvalue weighted by molar-refractivity contribution is 7.21. The summed E-state index contributed by atoms with van der Waals surface area (Å²) in [6, 6.07) is 8.36. The van der Waals surface area contributed by atoms with Gasteiger partial charge in [0.15, 0.2) is 0 Å². The molecular weight excluding hydrogens is 358 g/mol. The molecule has 1 amide bonds. The van der Waals surface area contributed by atoms with Gasteiger partial charge in [-0.3, -0.25) is 14.9 Å². The molecule has 0 radical (unpaired) electrons. The van der Waals surface area contributed by atoms with Crippen molar-refractivity contribution in [3.05, 3.63) is 67.5 Å². The normalized spacial score (nSPS) is 10.6. The summed E-state index contributed by atoms with van der Waals surface area (Å²) >= 11 is 3.19. The number of nitrogens with zero attached hydrogens (tertiary/aromatic N) is 2. The third-order valence-electron chi connectivity index (χ3n) is 3.69. The van der Waals surface area contributed by atoms with Gasteiger partial charge in [-0.1, -0.05) is 6.07 Å². The monoisotopic (exact) mass is 373 g/mol. The molecule has 3 aromatic rings. The van der Waals surface area contributed by atoms with Crippen LogP contribution in [0, 0.1) is 24.0 Å². The largest absolute Gasteiger partial charge is 0.347 e. The van der Waals surface area contributed by atoms with E-state index in [1.165, 1.54) is 18.2 Å². The minimum atomic E-state index is -0.455. The van der Waals surface area contributed by atoms with E-state index in [2.05, 4.69) is 10.3 Å². The van der Waals surface area contributed by atoms with E-state index < -0.39 is 4.92 Å². The first-order valence-electron chi connectivity index (χ1n) is 7.49. The number of aromatic nitrogens is 1. The Morgan fingerprint density at radius 1 is 1.32 bits per heavy atom. The average molecular weight is 373 g/mol. The molecule has 1 aromatic carbocycles. The molecule has 2 heterocycles. The maximum absolute atomic E-state index is 12.3. The van der Waals surface area contributed by atoms with E-state index in [9.17, 15) is 14.9 Å². The molecule has 0 aliphatic rings. The van der Waals surface area contributed by atoms with E-state index in [0.717, 1.165) is 20.5 Å². The van der Waals surface area contributed by atoms with Crippen LogP contribution in [0.1, 0.15) is 26.5 Å². The second-order valence-corrected chi connectivity index (χ2v) is 7.48. The number of thiophene rings is 1. The lowest BCUT2D eigenvalue weighted by Gasteiger charge is -2.05. The lowest BCUT2D eigenvalue weighted by Crippen LogP contribution is -2.22. The third kappa shape index (κ3) is 3.75. The van der Waals surface area contributed by atoms with Crippen LogP contribution in [0.2, 0.25) is 0 Å². The Kier molecular flexibility index (Phi) is 4.91. The molecule has 0 spiro atoms. The summed E-state index contributed by atoms with van der Waals surface area (Å²) < 4.78 is 0. The van der Waals surface area contributed by atoms with Crippen LogP contribution in [-0.2, 0) is 6.54 Å². The molecule has 6 nitrogen and oxygen atoms in total. The Bertz CT molecular complexity index is 933. The summed E-state index contributed by atoms with van der Waals surface area (Å²) in [5.74, 6) is -0.261. The number of nitrogens with one attached hydrogen (secondary N) is 1. The summed E-state index contributed by atoms with van der Waals surface area (Å²) in [4.78, 5) is 29.4. The molecule has 128 valence electrons. The van der Waals surface area contributed by atoms with Crippen molar-refractivity contribution >= 4 is 34.3 Å². The average Bonchev–Trinajstić information content (AvgIpc) is 3.21. The van der Waals surface area contributed by atoms with E-state index >= 15 is 0 Å². The van der Waals surface area contributed by atoms with Gasteiger partial charge < -0.3 is 5.32 Å². The highest BCUT2D eigenvalue weighted by atomic mass is 32.1. The SMILES string of the molecule is Cc1cc(C(=O)NCc2sc(-c3cccs3)nc2C)ccc1[N+](=O)[O-]. The van der Waals surface area contributed by atoms with Gasteiger partial charge in [-0.25, -0.2) is 4.98 Å². The third-order valence-corrected chi connectivity index (χ3v) is 5.89. The smallest absolute Gasteiger partial charge is 0.272 e. The van der Waals surface area contributed by atoms with Crippen LogP contribution in [0.25, 0.3) is 9.88 Å². The molecule has 25 heavy (non-hydrogen) atoms. The fourth-order valence-electron chi connectivity index (χ4n) is 2.36. The molecule has 0 bridgehead atoms. The zero-order valence-corrected chi connectivity index (χ0v) is 15.2. The molecule has 3 rings (SSSR count). The first kappa shape index (κ1) is 17.2. The van der Waals surface area contributed by atoms with Crippen molar-refractivity contribution < 1.29 is 9.72 Å². The number of carbonyl (C=O) groups is 1. The van der Waals surface area contributed by atoms with E-state index in [-0.39, 0.29) is 11.6 Å². The zero-order chi connectivity index (χ0) is 18.0. The van der Waals surface area contributed by atoms with Crippen molar-refractivity contribution in [1.29, 1.82) is 0 Å². The Morgan fingerprint density at radius 2 is 2.12 bits per heavy atom. The van der Waals surface area contributed by atoms with Crippen LogP contribution >= 0.6 is 22.7 Å². The van der Waals surface area contributed by atoms with Gasteiger partial charge in [0.1, 0.15) is 5.01 Å². The minimum Gasteiger partial charge on any atom is -0.347 e. The number of aryl methyl sites for hydroxylation is 2. The highest BCUT2D eigenvalue weighted by Gasteiger charge is 2.15. The molecule has 0 saturated carbocycles. The summed E-state index contributed by atoms with van der Waals surface area (Å²) in [6.45, 7) is 3.92. The maximum atomic E-state index is 12.3. The number of hydrogen-bond acceptors (Lipinski definition) is 6. The number of thiazole rings is 1. The van der Waals surface area contributed by atoms with E-state index in [4.69, 9.17) is 0 Å². The fourth-order valence-corrected chi connectivity index (χ4v) is 4.16. The molecule has 8 heteroatoms. The maximum Gasteiger partial charge on any atom is 0.272 e. The van der Waals surface area contributed by atoms with E-state index in [0.29, 0.717) is 17.7 Å². The molecule has 0 fully saturated rings. The van der Waals surface area contributed by atoms with Crippen molar-refractivity contribution in [2.45, 2.75) is 20.4 Å². The Balaban J connectivity index is 1.70. The number of benzene rings is 1. The second-order valence-electron chi connectivity index (χ2n) is 5.45. The number of nitro benzene ring substituents is 1. The topological polar surface area (TPSA) is 85.1 Å². The van der Waals surface area contributed by atoms with E-state index in [1.54, 1.807) is 29.6 Å². The Morgan fingerprint density at radius 3 is 2.76 bits per heavy atom. The molecular formula is C17H15N3O3S2. The predicted octanol–water partition coefficient (Wildman–Crippen LogP) is 4.33. The van der Waals surface area contributed by atoms with Gasteiger partial charge in [-0.15, -0.1) is 22.7 Å². The van der Waals surface area contributed by atoms with Gasteiger partial charge in [0.25, 0.3) is 11.6 Å². The second kappa shape index (κ2) is 7.12. The van der Waals surface area contributed by atoms with Crippen LogP contribution in [0.3, 0.4) is 0 Å². The van der Waals surface area contributed by atoms with Gasteiger partial charge in [0.2, 0.25) is 0 Å². The summed E-state index contributed by atoms with van der Waals surface area (Å²) in [7, 11) is 0. The van der Waals surface area contributed by atoms with E-state index in [1.807, 2.05) is 24.4 Å². The van der Waals surface area contributed by atoms with Crippen molar-refractivity contribution in [3.8, 4) is 9.88 Å². The number of amides is 1. The number of hydrogen-bond donors (Lipinski definition) is 1. The van der Waals surface area contributed by atoms with Gasteiger partial charge >= 0.3 is 0 Å². The Labute approximate surface area is 152 Å². The molecule has 0 aliphatic heterocycles. The lowest BCUT2D eigenvalue weighted by molar-refractivity contribution is -0.385. The van der Waals surface area contributed by atoms with Gasteiger partial charge in [-0.05, 0) is 37.4 Å². The number of rotatable bonds is 5. The number of nitro groups is 1. The van der Waals surface area contributed by atoms with Crippen LogP contribution in [0.4, 0.5) is 5.69 Å². The first-order valence-corrected chi connectivity index (χ1v) is 9.18. The predicted molar refractivity (Wildman–Crippen MR) is 99.2 cm³/mol. The molecule has 0 saturated heterocycles. The van der Waals surface area contributed by atoms with Crippen molar-refractivity contribution in [3.63, 3.8) is 0 Å². The summed E-state index contributed by atoms with van der Waals surface area (Å²) in [6.07, 6.45) is 0. The van der Waals surface area contributed by atoms with Crippen LogP contribution in [-0.4, -0.2) is 15.8 Å². The molecule has 0 unspecified atom stereocenters. The van der Waals surface area contributed by atoms with Crippen molar-refractivity contribution in [2.75, 3.05) is 0 Å². The molecule has 0 atom stereocenters. The van der Waals surface area contributed by atoms with Crippen LogP contribution < -0.4 is 5.32 Å². The summed E-state index contributed by atoms with van der Waals surface area (Å²) in [5.41, 5.74) is 1.78. The molecule has 0 aliphatic carbocycles. The quantitative estimate of drug-likeness (QED) is 0.533. The standard InChI is InChI=1S/C17H15N3O3S2/c1-10-8-12(5-6-13(10)20(22)23)16(21)18-9-15-11(2)19-17(25-15)14-4-3-7-24-14/h3-8H,9H2,1-2H3,(H,18,21). The van der Waals surface area contributed by atoms with Gasteiger partial charge in [-0.2, -0.15) is 0 Å². The van der Waals surface area contributed by atoms with Gasteiger partial charge in [0.05, 0.1) is 22.0 Å². The number of carbonyl (C=O) groups excluding carboxylic acids is 1. The summed E-state index contributed by atoms with van der Waals surface area (Å²) in [5, 5.41) is 16.7. The van der Waals surface area contributed by atoms with Gasteiger partial charge in [0, 0.05) is 22.1 Å². The molecule has 1 N–H and O–H groups in total. The highest BCUT2D eigenvalue weighted by Crippen LogP contribution is 2.31. The zero-order valence-electron chi connectivity index (χ0n) is 13.6. The van der Waals surface area contributed by atoms with Crippen LogP contribution in [0.5, 0.6) is 0 Å². The van der Waals surface area contributed by atoms with Crippen LogP contribution in [0.15, 0.2) is 35.7 Å². The van der Waals surface area contributed by atoms with Crippen molar-refractivity contribution in [2.24, 2.45) is 0 Å². The Hall–Kier alpha value is -2.58. The first-order chi connectivity index (χ1) is 12.0. The van der Waals surface area contributed by atoms with Crippen molar-refractivity contribution in [1.82, 2.24) is 10.3 Å². The lowest BCUT2D eigenvalue weighted by atomic mass is 10.1. The minimum absolute atomic E-state index is 0.00967. The fraction of sp³-hybridized carbons (Fsp3) is 0.176. The molecule has 2 aromatic heterocycles.